The normalized spacial score (nSPS) is 24.0. The van der Waals surface area contributed by atoms with E-state index >= 15 is 0 Å². The third-order valence-corrected chi connectivity index (χ3v) is 6.47. The highest BCUT2D eigenvalue weighted by Crippen LogP contribution is 2.30. The van der Waals surface area contributed by atoms with Crippen molar-refractivity contribution in [3.63, 3.8) is 0 Å². The molecule has 1 aliphatic rings. The molecule has 3 nitrogen and oxygen atoms in total. The van der Waals surface area contributed by atoms with Crippen LogP contribution in [0.1, 0.15) is 6.42 Å². The minimum Gasteiger partial charge on any atom is -0.392 e. The molecular weight excluding hydrogens is 292 g/mol. The van der Waals surface area contributed by atoms with Gasteiger partial charge in [0.1, 0.15) is 0 Å². The van der Waals surface area contributed by atoms with E-state index in [1.54, 1.807) is 6.07 Å². The van der Waals surface area contributed by atoms with Crippen LogP contribution in [0.25, 0.3) is 0 Å². The van der Waals surface area contributed by atoms with Crippen molar-refractivity contribution in [1.29, 1.82) is 0 Å². The molecule has 0 bridgehead atoms. The van der Waals surface area contributed by atoms with E-state index in [0.717, 1.165) is 4.90 Å². The van der Waals surface area contributed by atoms with E-state index in [2.05, 4.69) is 0 Å². The molecule has 1 fully saturated rings. The molecule has 6 heteroatoms. The number of rotatable bonds is 4. The number of aliphatic hydroxyl groups excluding tert-OH is 1. The molecule has 2 unspecified atom stereocenters. The molecule has 0 aromatic heterocycles. The minimum absolute atomic E-state index is 0.108. The third-order valence-electron chi connectivity index (χ3n) is 3.06. The Bertz CT molecular complexity index is 516. The van der Waals surface area contributed by atoms with Crippen molar-refractivity contribution < 1.29 is 13.5 Å². The van der Waals surface area contributed by atoms with Gasteiger partial charge in [-0.15, -0.1) is 11.8 Å². The highest BCUT2D eigenvalue weighted by Gasteiger charge is 2.32. The predicted molar refractivity (Wildman–Crippen MR) is 74.9 cm³/mol. The monoisotopic (exact) mass is 306 g/mol. The van der Waals surface area contributed by atoms with Gasteiger partial charge in [-0.1, -0.05) is 23.7 Å². The van der Waals surface area contributed by atoms with Crippen LogP contribution in [0.15, 0.2) is 29.2 Å². The van der Waals surface area contributed by atoms with Crippen molar-refractivity contribution in [2.24, 2.45) is 5.92 Å². The van der Waals surface area contributed by atoms with Crippen LogP contribution in [0, 0.1) is 5.92 Å². The first-order valence-corrected chi connectivity index (χ1v) is 8.92. The second-order valence-electron chi connectivity index (χ2n) is 4.47. The van der Waals surface area contributed by atoms with Crippen molar-refractivity contribution in [1.82, 2.24) is 0 Å². The molecule has 0 radical (unpaired) electrons. The maximum atomic E-state index is 11.3. The molecule has 1 aromatic carbocycles. The van der Waals surface area contributed by atoms with Gasteiger partial charge in [-0.05, 0) is 18.6 Å². The summed E-state index contributed by atoms with van der Waals surface area (Å²) in [6.45, 7) is 0. The fourth-order valence-electron chi connectivity index (χ4n) is 2.00. The molecule has 100 valence electrons. The summed E-state index contributed by atoms with van der Waals surface area (Å²) in [4.78, 5) is 0.916. The van der Waals surface area contributed by atoms with Gasteiger partial charge in [-0.3, -0.25) is 0 Å². The molecule has 0 spiro atoms. The molecule has 18 heavy (non-hydrogen) atoms. The Morgan fingerprint density at radius 3 is 2.78 bits per heavy atom. The Kier molecular flexibility index (Phi) is 4.59. The quantitative estimate of drug-likeness (QED) is 0.867. The molecule has 1 aromatic rings. The number of thioether (sulfide) groups is 1. The Hall–Kier alpha value is -0.230. The average molecular weight is 307 g/mol. The van der Waals surface area contributed by atoms with E-state index in [1.807, 2.05) is 18.2 Å². The van der Waals surface area contributed by atoms with Gasteiger partial charge in [0, 0.05) is 16.6 Å². The second-order valence-corrected chi connectivity index (χ2v) is 8.17. The van der Waals surface area contributed by atoms with Crippen LogP contribution in [-0.2, 0) is 9.84 Å². The number of hydrogen-bond donors (Lipinski definition) is 1. The lowest BCUT2D eigenvalue weighted by molar-refractivity contribution is 0.143. The Morgan fingerprint density at radius 2 is 2.17 bits per heavy atom. The van der Waals surface area contributed by atoms with E-state index in [1.165, 1.54) is 11.8 Å². The Labute approximate surface area is 116 Å². The van der Waals surface area contributed by atoms with Crippen molar-refractivity contribution in [3.05, 3.63) is 29.3 Å². The molecule has 1 saturated heterocycles. The van der Waals surface area contributed by atoms with Gasteiger partial charge < -0.3 is 5.11 Å². The maximum absolute atomic E-state index is 11.3. The second kappa shape index (κ2) is 5.82. The lowest BCUT2D eigenvalue weighted by Crippen LogP contribution is -2.23. The summed E-state index contributed by atoms with van der Waals surface area (Å²) in [5, 5.41) is 10.7. The largest absolute Gasteiger partial charge is 0.392 e. The Balaban J connectivity index is 1.89. The van der Waals surface area contributed by atoms with Gasteiger partial charge in [-0.2, -0.15) is 0 Å². The van der Waals surface area contributed by atoms with Gasteiger partial charge in [0.2, 0.25) is 0 Å². The summed E-state index contributed by atoms with van der Waals surface area (Å²) in [5.41, 5.74) is 0. The first kappa shape index (κ1) is 14.2. The van der Waals surface area contributed by atoms with Crippen molar-refractivity contribution >= 4 is 33.2 Å². The van der Waals surface area contributed by atoms with Crippen LogP contribution in [0.4, 0.5) is 0 Å². The fraction of sp³-hybridized carbons (Fsp3) is 0.500. The third kappa shape index (κ3) is 3.63. The first-order chi connectivity index (χ1) is 8.48. The van der Waals surface area contributed by atoms with E-state index in [0.29, 0.717) is 17.2 Å². The fourth-order valence-corrected chi connectivity index (χ4v) is 5.17. The minimum atomic E-state index is -2.93. The predicted octanol–water partition coefficient (Wildman–Crippen LogP) is 2.23. The molecule has 0 aliphatic carbocycles. The van der Waals surface area contributed by atoms with Crippen molar-refractivity contribution in [2.45, 2.75) is 17.4 Å². The van der Waals surface area contributed by atoms with Crippen LogP contribution in [0.3, 0.4) is 0 Å². The average Bonchev–Trinajstić information content (AvgIpc) is 2.68. The smallest absolute Gasteiger partial charge is 0.150 e. The molecule has 1 aliphatic heterocycles. The summed E-state index contributed by atoms with van der Waals surface area (Å²) < 4.78 is 22.7. The first-order valence-electron chi connectivity index (χ1n) is 5.74. The lowest BCUT2D eigenvalue weighted by Gasteiger charge is -2.16. The van der Waals surface area contributed by atoms with E-state index in [9.17, 15) is 13.5 Å². The van der Waals surface area contributed by atoms with E-state index in [-0.39, 0.29) is 17.4 Å². The zero-order valence-corrected chi connectivity index (χ0v) is 12.1. The van der Waals surface area contributed by atoms with Crippen LogP contribution in [0.5, 0.6) is 0 Å². The number of sulfone groups is 1. The number of halogens is 1. The van der Waals surface area contributed by atoms with Gasteiger partial charge in [-0.25, -0.2) is 8.42 Å². The summed E-state index contributed by atoms with van der Waals surface area (Å²) in [5.74, 6) is 0.650. The summed E-state index contributed by atoms with van der Waals surface area (Å²) in [6, 6.07) is 7.44. The molecule has 0 amide bonds. The SMILES string of the molecule is O=S1(=O)CCC(C(O)CSc2ccccc2Cl)C1. The zero-order valence-electron chi connectivity index (χ0n) is 9.75. The topological polar surface area (TPSA) is 54.4 Å². The molecule has 1 heterocycles. The highest BCUT2D eigenvalue weighted by atomic mass is 35.5. The van der Waals surface area contributed by atoms with Gasteiger partial charge in [0.25, 0.3) is 0 Å². The van der Waals surface area contributed by atoms with Crippen LogP contribution < -0.4 is 0 Å². The molecule has 0 saturated carbocycles. The lowest BCUT2D eigenvalue weighted by atomic mass is 10.0. The summed E-state index contributed by atoms with van der Waals surface area (Å²) in [7, 11) is -2.93. The zero-order chi connectivity index (χ0) is 13.2. The summed E-state index contributed by atoms with van der Waals surface area (Å²) in [6.07, 6.45) is -0.0319. The highest BCUT2D eigenvalue weighted by molar-refractivity contribution is 7.99. The molecule has 2 atom stereocenters. The Morgan fingerprint density at radius 1 is 1.44 bits per heavy atom. The van der Waals surface area contributed by atoms with Crippen LogP contribution >= 0.6 is 23.4 Å². The van der Waals surface area contributed by atoms with Crippen LogP contribution in [-0.4, -0.2) is 36.9 Å². The number of aliphatic hydroxyl groups is 1. The van der Waals surface area contributed by atoms with E-state index in [4.69, 9.17) is 11.6 Å². The van der Waals surface area contributed by atoms with Crippen molar-refractivity contribution in [3.8, 4) is 0 Å². The van der Waals surface area contributed by atoms with Crippen LogP contribution in [0.2, 0.25) is 5.02 Å². The molecule has 2 rings (SSSR count). The maximum Gasteiger partial charge on any atom is 0.150 e. The molecular formula is C12H15ClO3S2. The van der Waals surface area contributed by atoms with Gasteiger partial charge >= 0.3 is 0 Å². The standard InChI is InChI=1S/C12H15ClO3S2/c13-10-3-1-2-4-12(10)17-7-11(14)9-5-6-18(15,16)8-9/h1-4,9,11,14H,5-8H2. The van der Waals surface area contributed by atoms with Gasteiger partial charge in [0.15, 0.2) is 9.84 Å². The molecule has 1 N–H and O–H groups in total. The van der Waals surface area contributed by atoms with Crippen molar-refractivity contribution in [2.75, 3.05) is 17.3 Å². The summed E-state index contributed by atoms with van der Waals surface area (Å²) >= 11 is 7.48. The van der Waals surface area contributed by atoms with Gasteiger partial charge in [0.05, 0.1) is 22.6 Å². The number of benzene rings is 1. The van der Waals surface area contributed by atoms with E-state index < -0.39 is 15.9 Å². The number of hydrogen-bond acceptors (Lipinski definition) is 4.